The van der Waals surface area contributed by atoms with E-state index in [1.165, 1.54) is 18.3 Å². The van der Waals surface area contributed by atoms with Crippen LogP contribution in [0.5, 0.6) is 0 Å². The molecular weight excluding hydrogens is 385 g/mol. The Labute approximate surface area is 155 Å². The van der Waals surface area contributed by atoms with Crippen LogP contribution in [0.4, 0.5) is 5.82 Å². The third-order valence-corrected chi connectivity index (χ3v) is 5.61. The quantitative estimate of drug-likeness (QED) is 0.606. The Morgan fingerprint density at radius 1 is 1.12 bits per heavy atom. The number of aromatic nitrogens is 2. The van der Waals surface area contributed by atoms with Gasteiger partial charge in [-0.15, -0.1) is 0 Å². The van der Waals surface area contributed by atoms with Gasteiger partial charge < -0.3 is 4.52 Å². The number of nitrogens with zero attached hydrogens (tertiary/aromatic N) is 3. The molecular formula is C16H13Cl2N3O3S. The Balaban J connectivity index is 2.04. The summed E-state index contributed by atoms with van der Waals surface area (Å²) in [6, 6.07) is 11.3. The van der Waals surface area contributed by atoms with Crippen molar-refractivity contribution < 1.29 is 12.9 Å². The first-order chi connectivity index (χ1) is 11.9. The molecule has 0 N–H and O–H groups in total. The smallest absolute Gasteiger partial charge is 0.267 e. The third-order valence-electron chi connectivity index (χ3n) is 3.40. The Kier molecular flexibility index (Phi) is 4.99. The van der Waals surface area contributed by atoms with Gasteiger partial charge in [0.2, 0.25) is 0 Å². The Morgan fingerprint density at radius 2 is 1.84 bits per heavy atom. The molecule has 130 valence electrons. The van der Waals surface area contributed by atoms with Crippen molar-refractivity contribution in [2.24, 2.45) is 0 Å². The molecule has 2 heterocycles. The van der Waals surface area contributed by atoms with Crippen LogP contribution >= 0.6 is 23.2 Å². The number of aryl methyl sites for hydroxylation is 1. The highest BCUT2D eigenvalue weighted by Crippen LogP contribution is 2.26. The summed E-state index contributed by atoms with van der Waals surface area (Å²) >= 11 is 11.6. The van der Waals surface area contributed by atoms with Gasteiger partial charge in [-0.25, -0.2) is 17.7 Å². The fourth-order valence-corrected chi connectivity index (χ4v) is 3.73. The van der Waals surface area contributed by atoms with Gasteiger partial charge in [-0.2, -0.15) is 0 Å². The molecule has 0 saturated carbocycles. The van der Waals surface area contributed by atoms with E-state index in [1.807, 2.05) is 0 Å². The minimum absolute atomic E-state index is 0.00603. The number of hydrogen-bond acceptors (Lipinski definition) is 5. The van der Waals surface area contributed by atoms with Crippen LogP contribution in [0.2, 0.25) is 10.2 Å². The summed E-state index contributed by atoms with van der Waals surface area (Å²) in [6.07, 6.45) is 1.21. The Hall–Kier alpha value is -2.09. The molecule has 0 aliphatic carbocycles. The molecule has 2 aromatic heterocycles. The number of sulfonamides is 1. The molecule has 0 unspecified atom stereocenters. The first-order valence-electron chi connectivity index (χ1n) is 7.18. The summed E-state index contributed by atoms with van der Waals surface area (Å²) in [6.45, 7) is 1.75. The number of anilines is 1. The molecule has 0 atom stereocenters. The molecule has 0 saturated heterocycles. The lowest BCUT2D eigenvalue weighted by molar-refractivity contribution is 0.398. The molecule has 3 rings (SSSR count). The molecule has 3 aromatic rings. The molecule has 0 bridgehead atoms. The number of benzene rings is 1. The molecule has 0 amide bonds. The number of pyridine rings is 1. The predicted octanol–water partition coefficient (Wildman–Crippen LogP) is 4.08. The van der Waals surface area contributed by atoms with Gasteiger partial charge in [0.25, 0.3) is 10.0 Å². The van der Waals surface area contributed by atoms with Crippen molar-refractivity contribution >= 4 is 39.0 Å². The molecule has 0 radical (unpaired) electrons. The van der Waals surface area contributed by atoms with E-state index in [0.29, 0.717) is 10.8 Å². The van der Waals surface area contributed by atoms with E-state index in [1.54, 1.807) is 37.3 Å². The van der Waals surface area contributed by atoms with E-state index >= 15 is 0 Å². The maximum Gasteiger partial charge on any atom is 0.267 e. The molecule has 9 heteroatoms. The Morgan fingerprint density at radius 3 is 2.40 bits per heavy atom. The number of halogens is 2. The summed E-state index contributed by atoms with van der Waals surface area (Å²) in [4.78, 5) is 3.85. The Bertz CT molecular complexity index is 971. The summed E-state index contributed by atoms with van der Waals surface area (Å²) in [5.41, 5.74) is 0.746. The topological polar surface area (TPSA) is 76.3 Å². The highest BCUT2D eigenvalue weighted by Gasteiger charge is 2.28. The van der Waals surface area contributed by atoms with Crippen LogP contribution in [0.3, 0.4) is 0 Å². The second-order valence-electron chi connectivity index (χ2n) is 5.25. The van der Waals surface area contributed by atoms with E-state index in [2.05, 4.69) is 10.1 Å². The maximum absolute atomic E-state index is 13.1. The minimum atomic E-state index is -3.91. The number of rotatable bonds is 5. The maximum atomic E-state index is 13.1. The largest absolute Gasteiger partial charge is 0.360 e. The van der Waals surface area contributed by atoms with Crippen molar-refractivity contribution in [2.45, 2.75) is 18.4 Å². The lowest BCUT2D eigenvalue weighted by Gasteiger charge is -2.21. The van der Waals surface area contributed by atoms with E-state index in [0.717, 1.165) is 9.87 Å². The normalized spacial score (nSPS) is 11.5. The summed E-state index contributed by atoms with van der Waals surface area (Å²) in [7, 11) is -3.91. The zero-order chi connectivity index (χ0) is 18.0. The van der Waals surface area contributed by atoms with Crippen molar-refractivity contribution in [1.82, 2.24) is 10.1 Å². The third kappa shape index (κ3) is 3.95. The van der Waals surface area contributed by atoms with Crippen LogP contribution < -0.4 is 4.31 Å². The standard InChI is InChI=1S/C16H13Cl2N3O3S/c1-11-8-16(20-24-11)21(10-12-2-4-13(17)5-3-12)25(22,23)14-6-7-15(18)19-9-14/h2-9H,10H2,1H3. The lowest BCUT2D eigenvalue weighted by atomic mass is 10.2. The lowest BCUT2D eigenvalue weighted by Crippen LogP contribution is -2.31. The summed E-state index contributed by atoms with van der Waals surface area (Å²) in [5.74, 6) is 0.683. The van der Waals surface area contributed by atoms with Gasteiger partial charge in [-0.05, 0) is 36.8 Å². The molecule has 6 nitrogen and oxygen atoms in total. The van der Waals surface area contributed by atoms with E-state index in [-0.39, 0.29) is 22.4 Å². The van der Waals surface area contributed by atoms with Crippen LogP contribution in [-0.2, 0) is 16.6 Å². The van der Waals surface area contributed by atoms with Crippen molar-refractivity contribution in [3.63, 3.8) is 0 Å². The SMILES string of the molecule is Cc1cc(N(Cc2ccc(Cl)cc2)S(=O)(=O)c2ccc(Cl)nc2)no1. The van der Waals surface area contributed by atoms with Gasteiger partial charge in [0.05, 0.1) is 6.54 Å². The first kappa shape index (κ1) is 17.7. The molecule has 1 aromatic carbocycles. The van der Waals surface area contributed by atoms with Crippen LogP contribution in [0, 0.1) is 6.92 Å². The zero-order valence-corrected chi connectivity index (χ0v) is 15.4. The molecule has 0 aliphatic rings. The second kappa shape index (κ2) is 7.03. The molecule has 0 spiro atoms. The molecule has 0 aliphatic heterocycles. The van der Waals surface area contributed by atoms with Crippen molar-refractivity contribution in [3.05, 3.63) is 70.2 Å². The van der Waals surface area contributed by atoms with E-state index in [9.17, 15) is 8.42 Å². The van der Waals surface area contributed by atoms with Crippen LogP contribution in [-0.4, -0.2) is 18.6 Å². The van der Waals surface area contributed by atoms with Gasteiger partial charge >= 0.3 is 0 Å². The highest BCUT2D eigenvalue weighted by molar-refractivity contribution is 7.92. The average molecular weight is 398 g/mol. The first-order valence-corrected chi connectivity index (χ1v) is 9.38. The average Bonchev–Trinajstić information content (AvgIpc) is 3.00. The van der Waals surface area contributed by atoms with Crippen LogP contribution in [0.25, 0.3) is 0 Å². The monoisotopic (exact) mass is 397 g/mol. The van der Waals surface area contributed by atoms with E-state index < -0.39 is 10.0 Å². The van der Waals surface area contributed by atoms with Gasteiger partial charge in [0.15, 0.2) is 5.82 Å². The highest BCUT2D eigenvalue weighted by atomic mass is 35.5. The van der Waals surface area contributed by atoms with Crippen molar-refractivity contribution in [1.29, 1.82) is 0 Å². The van der Waals surface area contributed by atoms with Crippen molar-refractivity contribution in [3.8, 4) is 0 Å². The van der Waals surface area contributed by atoms with Crippen LogP contribution in [0.1, 0.15) is 11.3 Å². The molecule has 25 heavy (non-hydrogen) atoms. The fourth-order valence-electron chi connectivity index (χ4n) is 2.16. The second-order valence-corrected chi connectivity index (χ2v) is 7.94. The minimum Gasteiger partial charge on any atom is -0.360 e. The van der Waals surface area contributed by atoms with E-state index in [4.69, 9.17) is 27.7 Å². The number of hydrogen-bond donors (Lipinski definition) is 0. The van der Waals surface area contributed by atoms with Gasteiger partial charge in [-0.1, -0.05) is 40.5 Å². The predicted molar refractivity (Wildman–Crippen MR) is 95.3 cm³/mol. The summed E-state index contributed by atoms with van der Waals surface area (Å²) < 4.78 is 32.3. The van der Waals surface area contributed by atoms with Gasteiger partial charge in [0.1, 0.15) is 15.8 Å². The van der Waals surface area contributed by atoms with Crippen LogP contribution in [0.15, 0.2) is 58.1 Å². The summed E-state index contributed by atoms with van der Waals surface area (Å²) in [5, 5.41) is 4.61. The van der Waals surface area contributed by atoms with Gasteiger partial charge in [0, 0.05) is 17.3 Å². The van der Waals surface area contributed by atoms with Gasteiger partial charge in [-0.3, -0.25) is 0 Å². The molecule has 0 fully saturated rings. The fraction of sp³-hybridized carbons (Fsp3) is 0.125. The van der Waals surface area contributed by atoms with Crippen molar-refractivity contribution in [2.75, 3.05) is 4.31 Å². The zero-order valence-electron chi connectivity index (χ0n) is 13.1.